The van der Waals surface area contributed by atoms with Gasteiger partial charge in [-0.3, -0.25) is 9.69 Å². The molecule has 2 atom stereocenters. The fourth-order valence-corrected chi connectivity index (χ4v) is 4.48. The zero-order valence-corrected chi connectivity index (χ0v) is 18.0. The number of carbonyl (C=O) groups excluding carboxylic acids is 1. The number of nitrogens with zero attached hydrogens (tertiary/aromatic N) is 2. The van der Waals surface area contributed by atoms with Crippen LogP contribution in [0.5, 0.6) is 0 Å². The Morgan fingerprint density at radius 3 is 2.94 bits per heavy atom. The van der Waals surface area contributed by atoms with E-state index < -0.39 is 6.23 Å². The molecule has 1 aromatic carbocycles. The molecule has 1 amide bonds. The van der Waals surface area contributed by atoms with Gasteiger partial charge in [0.15, 0.2) is 0 Å². The first kappa shape index (κ1) is 20.8. The minimum atomic E-state index is -0.685. The van der Waals surface area contributed by atoms with Crippen LogP contribution in [0.4, 0.5) is 10.2 Å². The molecule has 2 unspecified atom stereocenters. The molecule has 2 aliphatic rings. The third-order valence-electron chi connectivity index (χ3n) is 6.35. The number of benzene rings is 1. The molecule has 3 aromatic rings. The van der Waals surface area contributed by atoms with Gasteiger partial charge in [-0.25, -0.2) is 9.37 Å². The second kappa shape index (κ2) is 8.48. The lowest BCUT2D eigenvalue weighted by atomic mass is 9.89. The quantitative estimate of drug-likeness (QED) is 0.549. The zero-order chi connectivity index (χ0) is 22.2. The Labute approximate surface area is 186 Å². The van der Waals surface area contributed by atoms with E-state index >= 15 is 0 Å². The van der Waals surface area contributed by atoms with Gasteiger partial charge in [-0.2, -0.15) is 0 Å². The topological polar surface area (TPSA) is 81.2 Å². The molecule has 1 aliphatic carbocycles. The number of amides is 1. The monoisotopic (exact) mass is 434 g/mol. The van der Waals surface area contributed by atoms with Crippen molar-refractivity contribution in [2.24, 2.45) is 11.8 Å². The van der Waals surface area contributed by atoms with E-state index in [9.17, 15) is 14.3 Å². The summed E-state index contributed by atoms with van der Waals surface area (Å²) in [5, 5.41) is 14.7. The van der Waals surface area contributed by atoms with Gasteiger partial charge in [-0.1, -0.05) is 25.1 Å². The Morgan fingerprint density at radius 1 is 1.34 bits per heavy atom. The van der Waals surface area contributed by atoms with Gasteiger partial charge in [0.2, 0.25) is 5.91 Å². The minimum Gasteiger partial charge on any atom is -0.378 e. The molecule has 7 heteroatoms. The van der Waals surface area contributed by atoms with E-state index in [1.807, 2.05) is 29.3 Å². The maximum Gasteiger partial charge on any atom is 0.228 e. The third-order valence-corrected chi connectivity index (χ3v) is 6.35. The fraction of sp³-hybridized carbons (Fsp3) is 0.360. The summed E-state index contributed by atoms with van der Waals surface area (Å²) in [7, 11) is 0. The lowest BCUT2D eigenvalue weighted by Gasteiger charge is -2.35. The second-order valence-electron chi connectivity index (χ2n) is 8.89. The number of pyridine rings is 1. The van der Waals surface area contributed by atoms with Crippen molar-refractivity contribution in [3.63, 3.8) is 0 Å². The van der Waals surface area contributed by atoms with Crippen LogP contribution in [0.3, 0.4) is 0 Å². The normalized spacial score (nSPS) is 20.2. The van der Waals surface area contributed by atoms with Crippen molar-refractivity contribution in [1.29, 1.82) is 0 Å². The van der Waals surface area contributed by atoms with E-state index in [-0.39, 0.29) is 23.6 Å². The number of hydrogen-bond acceptors (Lipinski definition) is 4. The van der Waals surface area contributed by atoms with Crippen LogP contribution in [0.25, 0.3) is 16.6 Å². The predicted octanol–water partition coefficient (Wildman–Crippen LogP) is 3.95. The summed E-state index contributed by atoms with van der Waals surface area (Å²) < 4.78 is 13.5. The molecular formula is C25H27FN4O2. The molecule has 1 aliphatic heterocycles. The predicted molar refractivity (Wildman–Crippen MR) is 122 cm³/mol. The molecular weight excluding hydrogens is 407 g/mol. The lowest BCUT2D eigenvalue weighted by molar-refractivity contribution is -0.117. The molecule has 2 aromatic heterocycles. The number of nitrogens with one attached hydrogen (secondary N) is 2. The van der Waals surface area contributed by atoms with Crippen LogP contribution in [-0.4, -0.2) is 45.2 Å². The highest BCUT2D eigenvalue weighted by Crippen LogP contribution is 2.35. The summed E-state index contributed by atoms with van der Waals surface area (Å²) in [5.74, 6) is 0.584. The maximum atomic E-state index is 13.5. The van der Waals surface area contributed by atoms with Gasteiger partial charge in [0.25, 0.3) is 0 Å². The molecule has 3 N–H and O–H groups in total. The van der Waals surface area contributed by atoms with Crippen molar-refractivity contribution >= 4 is 28.3 Å². The standard InChI is InChI=1S/C25H27FN4O2/c1-15-14-30(23(31)12-16-3-2-4-18(26)11-16)10-8-19(15)21-13-22(29-25(32)17-5-6-17)28-24-20(21)7-9-27-24/h2-4,7-9,11,13,15,17,23,31H,5-6,10,12,14H2,1H3,(H2,27,28,29,32). The zero-order valence-electron chi connectivity index (χ0n) is 18.0. The SMILES string of the molecule is CC1CN(C(O)Cc2cccc(F)c2)CC=C1c1cc(NC(=O)C2CC2)nc2[nH]ccc12. The number of hydrogen-bond donors (Lipinski definition) is 3. The minimum absolute atomic E-state index is 0.0340. The second-order valence-corrected chi connectivity index (χ2v) is 8.89. The van der Waals surface area contributed by atoms with Gasteiger partial charge in [0, 0.05) is 37.0 Å². The van der Waals surface area contributed by atoms with Crippen molar-refractivity contribution in [1.82, 2.24) is 14.9 Å². The highest BCUT2D eigenvalue weighted by molar-refractivity contribution is 5.97. The van der Waals surface area contributed by atoms with Crippen molar-refractivity contribution in [2.45, 2.75) is 32.4 Å². The van der Waals surface area contributed by atoms with Crippen LogP contribution >= 0.6 is 0 Å². The van der Waals surface area contributed by atoms with Gasteiger partial charge >= 0.3 is 0 Å². The van der Waals surface area contributed by atoms with Gasteiger partial charge in [0.05, 0.1) is 0 Å². The summed E-state index contributed by atoms with van der Waals surface area (Å²) >= 11 is 0. The number of carbonyl (C=O) groups is 1. The molecule has 0 saturated heterocycles. The van der Waals surface area contributed by atoms with Crippen LogP contribution in [0.1, 0.15) is 30.9 Å². The fourth-order valence-electron chi connectivity index (χ4n) is 4.48. The number of aliphatic hydroxyl groups is 1. The van der Waals surface area contributed by atoms with Crippen LogP contribution in [0.15, 0.2) is 48.7 Å². The Hall–Kier alpha value is -3.03. The molecule has 0 radical (unpaired) electrons. The third kappa shape index (κ3) is 4.31. The highest BCUT2D eigenvalue weighted by Gasteiger charge is 2.30. The molecule has 166 valence electrons. The summed E-state index contributed by atoms with van der Waals surface area (Å²) in [6, 6.07) is 10.3. The molecule has 5 rings (SSSR count). The lowest BCUT2D eigenvalue weighted by Crippen LogP contribution is -2.42. The van der Waals surface area contributed by atoms with Crippen molar-refractivity contribution < 1.29 is 14.3 Å². The molecule has 0 spiro atoms. The van der Waals surface area contributed by atoms with E-state index in [1.54, 1.807) is 6.07 Å². The summed E-state index contributed by atoms with van der Waals surface area (Å²) in [5.41, 5.74) is 3.75. The summed E-state index contributed by atoms with van der Waals surface area (Å²) in [6.07, 6.45) is 5.57. The highest BCUT2D eigenvalue weighted by atomic mass is 19.1. The number of aromatic amines is 1. The first-order valence-electron chi connectivity index (χ1n) is 11.1. The van der Waals surface area contributed by atoms with E-state index in [0.717, 1.165) is 35.0 Å². The van der Waals surface area contributed by atoms with Gasteiger partial charge < -0.3 is 15.4 Å². The number of rotatable bonds is 6. The van der Waals surface area contributed by atoms with Gasteiger partial charge in [-0.05, 0) is 59.7 Å². The van der Waals surface area contributed by atoms with Crippen molar-refractivity contribution in [2.75, 3.05) is 18.4 Å². The smallest absolute Gasteiger partial charge is 0.228 e. The van der Waals surface area contributed by atoms with Crippen LogP contribution < -0.4 is 5.32 Å². The van der Waals surface area contributed by atoms with Crippen LogP contribution in [0.2, 0.25) is 0 Å². The Morgan fingerprint density at radius 2 is 2.19 bits per heavy atom. The van der Waals surface area contributed by atoms with E-state index in [4.69, 9.17) is 0 Å². The Kier molecular flexibility index (Phi) is 5.53. The Balaban J connectivity index is 1.37. The van der Waals surface area contributed by atoms with Crippen molar-refractivity contribution in [3.05, 3.63) is 65.6 Å². The number of halogens is 1. The first-order chi connectivity index (χ1) is 15.5. The maximum absolute atomic E-state index is 13.5. The average molecular weight is 435 g/mol. The average Bonchev–Trinajstić information content (AvgIpc) is 3.51. The van der Waals surface area contributed by atoms with Crippen LogP contribution in [0, 0.1) is 17.7 Å². The van der Waals surface area contributed by atoms with E-state index in [0.29, 0.717) is 25.3 Å². The first-order valence-corrected chi connectivity index (χ1v) is 11.1. The summed E-state index contributed by atoms with van der Waals surface area (Å²) in [6.45, 7) is 3.41. The molecule has 0 bridgehead atoms. The largest absolute Gasteiger partial charge is 0.378 e. The van der Waals surface area contributed by atoms with Gasteiger partial charge in [0.1, 0.15) is 23.5 Å². The Bertz CT molecular complexity index is 1180. The number of aliphatic hydroxyl groups excluding tert-OH is 1. The van der Waals surface area contributed by atoms with Crippen molar-refractivity contribution in [3.8, 4) is 0 Å². The number of fused-ring (bicyclic) bond motifs is 1. The number of aromatic nitrogens is 2. The van der Waals surface area contributed by atoms with E-state index in [2.05, 4.69) is 28.3 Å². The molecule has 6 nitrogen and oxygen atoms in total. The molecule has 1 fully saturated rings. The van der Waals surface area contributed by atoms with Gasteiger partial charge in [-0.15, -0.1) is 0 Å². The van der Waals surface area contributed by atoms with E-state index in [1.165, 1.54) is 17.7 Å². The molecule has 32 heavy (non-hydrogen) atoms. The van der Waals surface area contributed by atoms with Crippen LogP contribution in [-0.2, 0) is 11.2 Å². The number of H-pyrrole nitrogens is 1. The number of anilines is 1. The molecule has 1 saturated carbocycles. The summed E-state index contributed by atoms with van der Waals surface area (Å²) in [4.78, 5) is 22.0. The molecule has 3 heterocycles.